The number of H-pyrrole nitrogens is 2. The van der Waals surface area contributed by atoms with Crippen molar-refractivity contribution in [1.82, 2.24) is 30.2 Å². The number of alkyl carbamates (subject to hydrolysis) is 1. The van der Waals surface area contributed by atoms with Gasteiger partial charge in [0, 0.05) is 6.54 Å². The third-order valence-corrected chi connectivity index (χ3v) is 12.2. The molecule has 3 heterocycles. The number of aryl methyl sites for hydroxylation is 1. The molecular formula is C44H50N6O4. The summed E-state index contributed by atoms with van der Waals surface area (Å²) in [7, 11) is 1.31. The van der Waals surface area contributed by atoms with E-state index in [1.165, 1.54) is 67.0 Å². The van der Waals surface area contributed by atoms with Crippen LogP contribution in [-0.2, 0) is 22.4 Å². The minimum atomic E-state index is -0.686. The zero-order chi connectivity index (χ0) is 37.7. The van der Waals surface area contributed by atoms with Gasteiger partial charge in [-0.15, -0.1) is 0 Å². The van der Waals surface area contributed by atoms with Crippen molar-refractivity contribution in [2.45, 2.75) is 91.1 Å². The lowest BCUT2D eigenvalue weighted by atomic mass is 9.72. The Morgan fingerprint density at radius 1 is 0.926 bits per heavy atom. The molecule has 3 atom stereocenters. The second kappa shape index (κ2) is 14.2. The number of aromatic nitrogens is 4. The number of benzene rings is 3. The smallest absolute Gasteiger partial charge is 0.407 e. The number of fused-ring (bicyclic) bond motifs is 2. The van der Waals surface area contributed by atoms with Crippen molar-refractivity contribution in [2.24, 2.45) is 17.3 Å². The molecule has 0 radical (unpaired) electrons. The number of aromatic amines is 2. The molecule has 1 aliphatic heterocycles. The Balaban J connectivity index is 1.09. The summed E-state index contributed by atoms with van der Waals surface area (Å²) in [5, 5.41) is 3.36. The Bertz CT molecular complexity index is 2280. The molecular weight excluding hydrogens is 677 g/mol. The number of amides is 2. The molecule has 10 heteroatoms. The van der Waals surface area contributed by atoms with Crippen LogP contribution in [0, 0.1) is 24.2 Å². The van der Waals surface area contributed by atoms with Gasteiger partial charge in [-0.05, 0) is 107 Å². The van der Waals surface area contributed by atoms with Crippen LogP contribution < -0.4 is 10.9 Å². The molecule has 3 aliphatic rings. The lowest BCUT2D eigenvalue weighted by Gasteiger charge is -2.33. The van der Waals surface area contributed by atoms with E-state index in [2.05, 4.69) is 69.7 Å². The van der Waals surface area contributed by atoms with Gasteiger partial charge >= 0.3 is 6.09 Å². The van der Waals surface area contributed by atoms with Gasteiger partial charge in [0.15, 0.2) is 0 Å². The normalized spacial score (nSPS) is 19.7. The number of hydrogen-bond acceptors (Lipinski definition) is 6. The fourth-order valence-electron chi connectivity index (χ4n) is 9.44. The summed E-state index contributed by atoms with van der Waals surface area (Å²) < 4.78 is 4.80. The summed E-state index contributed by atoms with van der Waals surface area (Å²) in [6.45, 7) is 8.40. The Hall–Kier alpha value is -5.25. The van der Waals surface area contributed by atoms with E-state index in [4.69, 9.17) is 9.72 Å². The standard InChI is InChI=1S/C44H50N6O4/c1-25(2)39(49-43(53)54-5)42(52)50-24-26(3)19-38(50)40-45-23-37(48-40)29-11-9-28(10-12-29)31-14-15-32(35-22-44(21-34(31)35)17-7-6-8-18-44)30-13-16-36-33(20-30)41(51)47-27(4)46-36/h9-16,20,23,25-26,38-39H,6-8,17-19,21-22,24H2,1-5H3,(H,45,48)(H,49,53)(H,46,47,51). The number of ether oxygens (including phenoxy) is 1. The van der Waals surface area contributed by atoms with Crippen LogP contribution >= 0.6 is 0 Å². The predicted molar refractivity (Wildman–Crippen MR) is 211 cm³/mol. The number of nitrogens with one attached hydrogen (secondary N) is 3. The quantitative estimate of drug-likeness (QED) is 0.155. The molecule has 0 bridgehead atoms. The highest BCUT2D eigenvalue weighted by Crippen LogP contribution is 2.52. The van der Waals surface area contributed by atoms with E-state index in [0.717, 1.165) is 47.4 Å². The summed E-state index contributed by atoms with van der Waals surface area (Å²) in [4.78, 5) is 56.3. The molecule has 8 rings (SSSR count). The zero-order valence-electron chi connectivity index (χ0n) is 31.9. The van der Waals surface area contributed by atoms with Gasteiger partial charge in [-0.3, -0.25) is 9.59 Å². The molecule has 1 spiro atoms. The van der Waals surface area contributed by atoms with Crippen LogP contribution in [0.4, 0.5) is 4.79 Å². The first-order valence-electron chi connectivity index (χ1n) is 19.5. The van der Waals surface area contributed by atoms with Crippen molar-refractivity contribution < 1.29 is 14.3 Å². The minimum Gasteiger partial charge on any atom is -0.453 e. The summed E-state index contributed by atoms with van der Waals surface area (Å²) in [6, 6.07) is 18.5. The highest BCUT2D eigenvalue weighted by Gasteiger charge is 2.41. The van der Waals surface area contributed by atoms with E-state index in [0.29, 0.717) is 29.1 Å². The molecule has 54 heavy (non-hydrogen) atoms. The monoisotopic (exact) mass is 726 g/mol. The largest absolute Gasteiger partial charge is 0.453 e. The second-order valence-electron chi connectivity index (χ2n) is 16.4. The van der Waals surface area contributed by atoms with E-state index < -0.39 is 12.1 Å². The first-order chi connectivity index (χ1) is 26.0. The zero-order valence-corrected chi connectivity index (χ0v) is 31.9. The highest BCUT2D eigenvalue weighted by atomic mass is 16.5. The number of nitrogens with zero attached hydrogens (tertiary/aromatic N) is 3. The lowest BCUT2D eigenvalue weighted by Crippen LogP contribution is -2.51. The van der Waals surface area contributed by atoms with Crippen LogP contribution in [0.25, 0.3) is 44.4 Å². The van der Waals surface area contributed by atoms with Gasteiger partial charge < -0.3 is 24.9 Å². The topological polar surface area (TPSA) is 133 Å². The second-order valence-corrected chi connectivity index (χ2v) is 16.4. The number of imidazole rings is 1. The van der Waals surface area contributed by atoms with Crippen LogP contribution in [-0.4, -0.2) is 56.5 Å². The fraction of sp³-hybridized carbons (Fsp3) is 0.432. The maximum absolute atomic E-state index is 13.8. The van der Waals surface area contributed by atoms with Gasteiger partial charge in [-0.1, -0.05) is 82.5 Å². The predicted octanol–water partition coefficient (Wildman–Crippen LogP) is 8.29. The average Bonchev–Trinajstić information content (AvgIpc) is 3.90. The summed E-state index contributed by atoms with van der Waals surface area (Å²) >= 11 is 0. The fourth-order valence-corrected chi connectivity index (χ4v) is 9.44. The van der Waals surface area contributed by atoms with Crippen molar-refractivity contribution in [3.8, 4) is 33.5 Å². The first kappa shape index (κ1) is 35.8. The van der Waals surface area contributed by atoms with Gasteiger partial charge in [-0.25, -0.2) is 14.8 Å². The van der Waals surface area contributed by atoms with Crippen molar-refractivity contribution in [3.05, 3.63) is 93.9 Å². The molecule has 5 aromatic rings. The SMILES string of the molecule is COC(=O)NC(C(=O)N1CC(C)CC1c1ncc(-c2ccc(-c3ccc(-c4ccc5nc(C)[nH]c(=O)c5c4)c4c3CC3(CCCCC3)C4)cc2)[nH]1)C(C)C. The maximum Gasteiger partial charge on any atom is 0.407 e. The van der Waals surface area contributed by atoms with E-state index in [1.807, 2.05) is 44.0 Å². The van der Waals surface area contributed by atoms with Crippen molar-refractivity contribution in [1.29, 1.82) is 0 Å². The number of carbonyl (C=O) groups is 2. The van der Waals surface area contributed by atoms with E-state index in [1.54, 1.807) is 0 Å². The minimum absolute atomic E-state index is 0.0998. The summed E-state index contributed by atoms with van der Waals surface area (Å²) in [6.07, 6.45) is 10.6. The van der Waals surface area contributed by atoms with Crippen LogP contribution in [0.15, 0.2) is 65.6 Å². The molecule has 280 valence electrons. The molecule has 1 saturated heterocycles. The van der Waals surface area contributed by atoms with Gasteiger partial charge in [0.2, 0.25) is 5.91 Å². The van der Waals surface area contributed by atoms with Crippen LogP contribution in [0.1, 0.15) is 88.1 Å². The number of methoxy groups -OCH3 is 1. The van der Waals surface area contributed by atoms with E-state index in [9.17, 15) is 14.4 Å². The number of rotatable bonds is 7. The van der Waals surface area contributed by atoms with Crippen LogP contribution in [0.2, 0.25) is 0 Å². The molecule has 10 nitrogen and oxygen atoms in total. The molecule has 1 saturated carbocycles. The molecule has 2 aromatic heterocycles. The molecule has 2 fully saturated rings. The third kappa shape index (κ3) is 6.60. The molecule has 3 aromatic carbocycles. The summed E-state index contributed by atoms with van der Waals surface area (Å²) in [5.41, 5.74) is 10.4. The number of hydrogen-bond donors (Lipinski definition) is 3. The van der Waals surface area contributed by atoms with Crippen LogP contribution in [0.5, 0.6) is 0 Å². The number of carbonyl (C=O) groups excluding carboxylic acids is 2. The third-order valence-electron chi connectivity index (χ3n) is 12.2. The molecule has 2 aliphatic carbocycles. The van der Waals surface area contributed by atoms with Crippen molar-refractivity contribution in [2.75, 3.05) is 13.7 Å². The van der Waals surface area contributed by atoms with Gasteiger partial charge in [-0.2, -0.15) is 0 Å². The Labute approximate surface area is 316 Å². The van der Waals surface area contributed by atoms with Gasteiger partial charge in [0.1, 0.15) is 17.7 Å². The van der Waals surface area contributed by atoms with E-state index >= 15 is 0 Å². The lowest BCUT2D eigenvalue weighted by molar-refractivity contribution is -0.135. The summed E-state index contributed by atoms with van der Waals surface area (Å²) in [5.74, 6) is 1.44. The van der Waals surface area contributed by atoms with Crippen molar-refractivity contribution in [3.63, 3.8) is 0 Å². The van der Waals surface area contributed by atoms with E-state index in [-0.39, 0.29) is 23.4 Å². The van der Waals surface area contributed by atoms with Crippen molar-refractivity contribution >= 4 is 22.9 Å². The molecule has 3 unspecified atom stereocenters. The first-order valence-corrected chi connectivity index (χ1v) is 19.5. The Kier molecular flexibility index (Phi) is 9.40. The van der Waals surface area contributed by atoms with Gasteiger partial charge in [0.25, 0.3) is 5.56 Å². The molecule has 2 amide bonds. The van der Waals surface area contributed by atoms with Crippen LogP contribution in [0.3, 0.4) is 0 Å². The number of likely N-dealkylation sites (tertiary alicyclic amines) is 1. The maximum atomic E-state index is 13.8. The average molecular weight is 727 g/mol. The molecule has 3 N–H and O–H groups in total. The Morgan fingerprint density at radius 3 is 2.28 bits per heavy atom. The highest BCUT2D eigenvalue weighted by molar-refractivity contribution is 5.88. The Morgan fingerprint density at radius 2 is 1.59 bits per heavy atom. The van der Waals surface area contributed by atoms with Gasteiger partial charge in [0.05, 0.1) is 35.9 Å².